The van der Waals surface area contributed by atoms with Crippen molar-refractivity contribution in [2.75, 3.05) is 46.7 Å². The second-order valence-electron chi connectivity index (χ2n) is 24.9. The van der Waals surface area contributed by atoms with Gasteiger partial charge in [-0.3, -0.25) is 33.7 Å². The van der Waals surface area contributed by atoms with Crippen LogP contribution in [-0.2, 0) is 54.3 Å². The number of methoxy groups -OCH3 is 2. The van der Waals surface area contributed by atoms with Gasteiger partial charge in [0.1, 0.15) is 36.4 Å². The van der Waals surface area contributed by atoms with Crippen molar-refractivity contribution in [1.82, 2.24) is 41.3 Å². The number of aliphatic hydroxyl groups is 1. The van der Waals surface area contributed by atoms with Crippen molar-refractivity contribution in [3.63, 3.8) is 0 Å². The molecule has 488 valence electrons. The van der Waals surface area contributed by atoms with E-state index in [1.165, 1.54) is 26.2 Å². The molecule has 1 fully saturated rings. The maximum Gasteiger partial charge on any atom is 0.410 e. The van der Waals surface area contributed by atoms with Crippen LogP contribution in [0.5, 0.6) is 0 Å². The summed E-state index contributed by atoms with van der Waals surface area (Å²) in [5.74, 6) is -4.83. The number of benzene rings is 2. The van der Waals surface area contributed by atoms with Crippen LogP contribution < -0.4 is 37.6 Å². The predicted molar refractivity (Wildman–Crippen MR) is 330 cm³/mol. The molecule has 0 radical (unpaired) electrons. The zero-order valence-corrected chi connectivity index (χ0v) is 54.4. The molecule has 12 atom stereocenters. The lowest BCUT2D eigenvalue weighted by Crippen LogP contribution is -2.60. The van der Waals surface area contributed by atoms with Crippen LogP contribution in [0.3, 0.4) is 0 Å². The van der Waals surface area contributed by atoms with E-state index in [1.807, 2.05) is 32.0 Å². The molecule has 3 rings (SSSR count). The molecule has 10 amide bonds. The first-order chi connectivity index (χ1) is 40.8. The van der Waals surface area contributed by atoms with E-state index in [1.54, 1.807) is 129 Å². The Hall–Kier alpha value is -7.05. The molecule has 1 aliphatic heterocycles. The van der Waals surface area contributed by atoms with E-state index in [9.17, 15) is 48.3 Å². The summed E-state index contributed by atoms with van der Waals surface area (Å²) in [5.41, 5.74) is 5.95. The van der Waals surface area contributed by atoms with Crippen molar-refractivity contribution in [2.24, 2.45) is 35.3 Å². The van der Waals surface area contributed by atoms with Crippen LogP contribution >= 0.6 is 0 Å². The Bertz CT molecular complexity index is 2570. The summed E-state index contributed by atoms with van der Waals surface area (Å²) >= 11 is 0. The third-order valence-electron chi connectivity index (χ3n) is 15.9. The Morgan fingerprint density at radius 1 is 0.747 bits per heavy atom. The molecule has 0 aromatic heterocycles. The van der Waals surface area contributed by atoms with Crippen LogP contribution in [0.15, 0.2) is 54.6 Å². The molecule has 2 aromatic rings. The van der Waals surface area contributed by atoms with Crippen molar-refractivity contribution < 1.29 is 67.2 Å². The number of hydrogen-bond acceptors (Lipinski definition) is 14. The quantitative estimate of drug-likeness (QED) is 0.0390. The number of alkyl carbamates (subject to hydrolysis) is 1. The average Bonchev–Trinajstić information content (AvgIpc) is 2.33. The highest BCUT2D eigenvalue weighted by molar-refractivity contribution is 5.98. The second-order valence-corrected chi connectivity index (χ2v) is 24.9. The summed E-state index contributed by atoms with van der Waals surface area (Å²) in [6, 6.07) is 8.81. The third-order valence-corrected chi connectivity index (χ3v) is 15.9. The van der Waals surface area contributed by atoms with Crippen molar-refractivity contribution in [3.8, 4) is 0 Å². The maximum absolute atomic E-state index is 14.8. The first kappa shape index (κ1) is 74.2. The lowest BCUT2D eigenvalue weighted by atomic mass is 9.89. The number of amides is 10. The molecule has 1 heterocycles. The number of nitrogens with zero attached hydrogens (tertiary/aromatic N) is 3. The molecule has 0 bridgehead atoms. The lowest BCUT2D eigenvalue weighted by Gasteiger charge is -2.41. The van der Waals surface area contributed by atoms with E-state index in [0.717, 1.165) is 0 Å². The molecule has 0 aliphatic carbocycles. The van der Waals surface area contributed by atoms with Gasteiger partial charge in [-0.2, -0.15) is 0 Å². The Labute approximate surface area is 515 Å². The van der Waals surface area contributed by atoms with E-state index in [0.29, 0.717) is 42.6 Å². The van der Waals surface area contributed by atoms with Crippen molar-refractivity contribution in [2.45, 2.75) is 201 Å². The number of nitrogens with one attached hydrogen (secondary N) is 6. The summed E-state index contributed by atoms with van der Waals surface area (Å²) < 4.78 is 23.1. The number of rotatable bonds is 32. The molecule has 24 nitrogen and oxygen atoms in total. The van der Waals surface area contributed by atoms with E-state index >= 15 is 0 Å². The van der Waals surface area contributed by atoms with Gasteiger partial charge < -0.3 is 71.5 Å². The highest BCUT2D eigenvalue weighted by atomic mass is 16.6. The number of aliphatic hydroxyl groups excluding tert-OH is 1. The van der Waals surface area contributed by atoms with Gasteiger partial charge in [0.2, 0.25) is 35.4 Å². The summed E-state index contributed by atoms with van der Waals surface area (Å²) in [6.45, 7) is 23.5. The third kappa shape index (κ3) is 22.6. The van der Waals surface area contributed by atoms with Crippen LogP contribution in [-0.4, -0.2) is 175 Å². The number of likely N-dealkylation sites (N-methyl/N-ethyl adjacent to an activating group) is 2. The van der Waals surface area contributed by atoms with Crippen LogP contribution in [0.25, 0.3) is 0 Å². The fourth-order valence-electron chi connectivity index (χ4n) is 10.9. The Balaban J connectivity index is 1.71. The molecule has 1 aliphatic rings. The van der Waals surface area contributed by atoms with E-state index in [-0.39, 0.29) is 56.1 Å². The number of anilines is 1. The highest BCUT2D eigenvalue weighted by Crippen LogP contribution is 2.30. The Morgan fingerprint density at radius 2 is 1.37 bits per heavy atom. The molecular formula is C63H102N10O14. The predicted octanol–water partition coefficient (Wildman–Crippen LogP) is 6.00. The Morgan fingerprint density at radius 3 is 1.91 bits per heavy atom. The van der Waals surface area contributed by atoms with Gasteiger partial charge in [0.05, 0.1) is 48.8 Å². The lowest BCUT2D eigenvalue weighted by molar-refractivity contribution is -0.148. The van der Waals surface area contributed by atoms with E-state index in [4.69, 9.17) is 24.7 Å². The fraction of sp³-hybridized carbons (Fsp3) is 0.667. The summed E-state index contributed by atoms with van der Waals surface area (Å²) in [7, 11) is 6.10. The number of likely N-dealkylation sites (tertiary alicyclic amines) is 1. The van der Waals surface area contributed by atoms with Crippen LogP contribution in [0, 0.1) is 29.6 Å². The molecule has 24 heteroatoms. The largest absolute Gasteiger partial charge is 0.445 e. The minimum absolute atomic E-state index is 0.0851. The maximum atomic E-state index is 14.8. The standard InChI is InChI=1S/C63H102N10O14/c1-18-39(8)52(47(84-16)34-48(74)73-33-23-27-46(73)54(85-17)40(9)55(76)66-41(10)53(75)43-24-20-19-21-25-43)71(14)59(80)50(37(4)5)69-58(79)51(38(6)7)72(15)62(83)86-35-42-28-30-44(31-29-42)67-56(77)45(26-22-32-65-60(64)81)68-57(78)49(36(2)3)70-61(82)87-63(11,12)13/h19-21,24-25,28-31,36-41,45-47,49-54,75H,18,22-23,26-27,32-35H2,1-17H3,(H,66,76)(H,67,77)(H,68,78)(H,69,79)(H,70,82)(H3,64,65,81)/t39-,40+,41+,45?,46-,47+,49-,50-,51-,52-,53+,54+/m0/s1. The fourth-order valence-corrected chi connectivity index (χ4v) is 10.9. The molecular weight excluding hydrogens is 1120 g/mol. The van der Waals surface area contributed by atoms with Gasteiger partial charge in [-0.1, -0.05) is 111 Å². The monoisotopic (exact) mass is 1220 g/mol. The molecule has 87 heavy (non-hydrogen) atoms. The van der Waals surface area contributed by atoms with Gasteiger partial charge >= 0.3 is 18.2 Å². The molecule has 0 saturated carbocycles. The van der Waals surface area contributed by atoms with Gasteiger partial charge in [0.15, 0.2) is 0 Å². The topological polar surface area (TPSA) is 319 Å². The normalized spacial score (nSPS) is 17.2. The number of hydrogen-bond donors (Lipinski definition) is 8. The van der Waals surface area contributed by atoms with Crippen LogP contribution in [0.2, 0.25) is 0 Å². The zero-order valence-electron chi connectivity index (χ0n) is 54.4. The number of carbonyl (C=O) groups is 9. The first-order valence-corrected chi connectivity index (χ1v) is 30.4. The summed E-state index contributed by atoms with van der Waals surface area (Å²) in [4.78, 5) is 127. The molecule has 9 N–H and O–H groups in total. The van der Waals surface area contributed by atoms with Gasteiger partial charge in [0, 0.05) is 47.1 Å². The minimum atomic E-state index is -1.10. The minimum Gasteiger partial charge on any atom is -0.445 e. The summed E-state index contributed by atoms with van der Waals surface area (Å²) in [5, 5.41) is 27.4. The number of ether oxygens (including phenoxy) is 4. The van der Waals surface area contributed by atoms with Crippen molar-refractivity contribution in [3.05, 3.63) is 65.7 Å². The zero-order chi connectivity index (χ0) is 65.6. The highest BCUT2D eigenvalue weighted by Gasteiger charge is 2.44. The first-order valence-electron chi connectivity index (χ1n) is 30.4. The van der Waals surface area contributed by atoms with Crippen molar-refractivity contribution >= 4 is 59.3 Å². The molecule has 2 aromatic carbocycles. The Kier molecular flexibility index (Phi) is 29.9. The smallest absolute Gasteiger partial charge is 0.410 e. The molecule has 0 spiro atoms. The van der Waals surface area contributed by atoms with Gasteiger partial charge in [0.25, 0.3) is 0 Å². The van der Waals surface area contributed by atoms with E-state index < -0.39 is 126 Å². The van der Waals surface area contributed by atoms with E-state index in [2.05, 4.69) is 31.9 Å². The number of primary amides is 1. The molecule has 1 saturated heterocycles. The van der Waals surface area contributed by atoms with Crippen molar-refractivity contribution in [1.29, 1.82) is 0 Å². The van der Waals surface area contributed by atoms with Gasteiger partial charge in [-0.25, -0.2) is 14.4 Å². The number of nitrogens with two attached hydrogens (primary N) is 1. The SMILES string of the molecule is CC[C@H](C)[C@@H]([C@@H](CC(=O)N1CCC[C@H]1[C@H](OC)[C@@H](C)C(=O)N[C@H](C)[C@@H](O)c1ccccc1)OC)N(C)C(=O)[C@@H](NC(=O)[C@H](C(C)C)N(C)C(=O)OCc1ccc(NC(=O)C(CCCNC(N)=O)NC(=O)[C@@H](NC(=O)OC(C)(C)C)C(C)C)cc1)C(C)C. The average molecular weight is 1220 g/mol. The van der Waals surface area contributed by atoms with Gasteiger partial charge in [-0.15, -0.1) is 0 Å². The van der Waals surface area contributed by atoms with Crippen LogP contribution in [0.4, 0.5) is 20.1 Å². The summed E-state index contributed by atoms with van der Waals surface area (Å²) in [6.07, 6.45) is -1.79. The number of carbonyl (C=O) groups excluding carboxylic acids is 9. The molecule has 1 unspecified atom stereocenters. The number of urea groups is 1. The second kappa shape index (κ2) is 35.1. The van der Waals surface area contributed by atoms with Gasteiger partial charge in [-0.05, 0) is 100 Å². The van der Waals surface area contributed by atoms with Crippen LogP contribution in [0.1, 0.15) is 146 Å².